The summed E-state index contributed by atoms with van der Waals surface area (Å²) in [6, 6.07) is 0. The van der Waals surface area contributed by atoms with Crippen LogP contribution in [0.3, 0.4) is 0 Å². The van der Waals surface area contributed by atoms with Gasteiger partial charge in [-0.3, -0.25) is 4.79 Å². The van der Waals surface area contributed by atoms with Gasteiger partial charge in [-0.15, -0.1) is 12.4 Å². The van der Waals surface area contributed by atoms with Crippen LogP contribution in [0, 0.1) is 11.3 Å². The predicted octanol–water partition coefficient (Wildman–Crippen LogP) is 2.43. The molecule has 1 aliphatic carbocycles. The van der Waals surface area contributed by atoms with Gasteiger partial charge in [-0.05, 0) is 25.7 Å². The molecular formula is C13H27ClN2O. The molecule has 0 bridgehead atoms. The Morgan fingerprint density at radius 3 is 2.24 bits per heavy atom. The van der Waals surface area contributed by atoms with E-state index in [1.54, 1.807) is 0 Å². The fourth-order valence-corrected chi connectivity index (χ4v) is 2.69. The first-order valence-electron chi connectivity index (χ1n) is 6.55. The molecule has 4 heteroatoms. The third kappa shape index (κ3) is 3.85. The van der Waals surface area contributed by atoms with Gasteiger partial charge in [-0.25, -0.2) is 0 Å². The van der Waals surface area contributed by atoms with E-state index in [9.17, 15) is 4.79 Å². The zero-order chi connectivity index (χ0) is 12.2. The van der Waals surface area contributed by atoms with Crippen LogP contribution < -0.4 is 5.73 Å². The van der Waals surface area contributed by atoms with Crippen molar-refractivity contribution in [3.8, 4) is 0 Å². The Balaban J connectivity index is 0.00000256. The van der Waals surface area contributed by atoms with Gasteiger partial charge >= 0.3 is 0 Å². The van der Waals surface area contributed by atoms with Gasteiger partial charge in [0.05, 0.1) is 5.41 Å². The number of hydrogen-bond acceptors (Lipinski definition) is 2. The molecule has 0 saturated heterocycles. The van der Waals surface area contributed by atoms with Crippen LogP contribution in [0.1, 0.15) is 46.5 Å². The Morgan fingerprint density at radius 2 is 1.88 bits per heavy atom. The predicted molar refractivity (Wildman–Crippen MR) is 74.3 cm³/mol. The number of hydrogen-bond donors (Lipinski definition) is 1. The summed E-state index contributed by atoms with van der Waals surface area (Å²) in [5.74, 6) is 0.823. The molecule has 1 amide bonds. The number of halogens is 1. The summed E-state index contributed by atoms with van der Waals surface area (Å²) >= 11 is 0. The van der Waals surface area contributed by atoms with Crippen LogP contribution >= 0.6 is 12.4 Å². The number of nitrogens with two attached hydrogens (primary N) is 1. The second kappa shape index (κ2) is 7.22. The molecule has 0 atom stereocenters. The summed E-state index contributed by atoms with van der Waals surface area (Å²) in [6.07, 6.45) is 4.28. The lowest BCUT2D eigenvalue weighted by molar-refractivity contribution is -0.141. The topological polar surface area (TPSA) is 46.3 Å². The minimum Gasteiger partial charge on any atom is -0.342 e. The normalized spacial score (nSPS) is 17.9. The number of nitrogens with zero attached hydrogens (tertiary/aromatic N) is 1. The van der Waals surface area contributed by atoms with Crippen molar-refractivity contribution in [1.29, 1.82) is 0 Å². The van der Waals surface area contributed by atoms with Crippen molar-refractivity contribution in [2.45, 2.75) is 46.5 Å². The van der Waals surface area contributed by atoms with Crippen molar-refractivity contribution in [2.75, 3.05) is 19.6 Å². The van der Waals surface area contributed by atoms with E-state index in [0.29, 0.717) is 18.4 Å². The van der Waals surface area contributed by atoms with E-state index in [2.05, 4.69) is 20.8 Å². The van der Waals surface area contributed by atoms with Crippen molar-refractivity contribution in [3.05, 3.63) is 0 Å². The van der Waals surface area contributed by atoms with Gasteiger partial charge < -0.3 is 10.6 Å². The third-order valence-corrected chi connectivity index (χ3v) is 3.66. The molecule has 2 N–H and O–H groups in total. The molecule has 1 saturated carbocycles. The quantitative estimate of drug-likeness (QED) is 0.827. The Bertz CT molecular complexity index is 238. The Morgan fingerprint density at radius 1 is 1.35 bits per heavy atom. The standard InChI is InChI=1S/C13H26N2O.ClH/c1-4-15(9-11(2)3)12(16)13(10-14)7-5-6-8-13;/h11H,4-10,14H2,1-3H3;1H. The summed E-state index contributed by atoms with van der Waals surface area (Å²) < 4.78 is 0. The van der Waals surface area contributed by atoms with E-state index in [1.165, 1.54) is 0 Å². The second-order valence-electron chi connectivity index (χ2n) is 5.43. The molecule has 17 heavy (non-hydrogen) atoms. The summed E-state index contributed by atoms with van der Waals surface area (Å²) in [5, 5.41) is 0. The minimum absolute atomic E-state index is 0. The summed E-state index contributed by atoms with van der Waals surface area (Å²) in [7, 11) is 0. The van der Waals surface area contributed by atoms with E-state index in [-0.39, 0.29) is 17.8 Å². The van der Waals surface area contributed by atoms with Crippen LogP contribution in [-0.2, 0) is 4.79 Å². The molecule has 0 aromatic heterocycles. The van der Waals surface area contributed by atoms with Gasteiger partial charge in [-0.1, -0.05) is 26.7 Å². The molecule has 1 fully saturated rings. The first kappa shape index (κ1) is 16.7. The maximum Gasteiger partial charge on any atom is 0.230 e. The highest BCUT2D eigenvalue weighted by Gasteiger charge is 2.41. The largest absolute Gasteiger partial charge is 0.342 e. The van der Waals surface area contributed by atoms with Gasteiger partial charge in [0.15, 0.2) is 0 Å². The van der Waals surface area contributed by atoms with Crippen molar-refractivity contribution in [2.24, 2.45) is 17.1 Å². The third-order valence-electron chi connectivity index (χ3n) is 3.66. The summed E-state index contributed by atoms with van der Waals surface area (Å²) in [4.78, 5) is 14.5. The molecular weight excluding hydrogens is 236 g/mol. The first-order valence-corrected chi connectivity index (χ1v) is 6.55. The van der Waals surface area contributed by atoms with Crippen molar-refractivity contribution < 1.29 is 4.79 Å². The van der Waals surface area contributed by atoms with Crippen LogP contribution in [0.2, 0.25) is 0 Å². The molecule has 0 spiro atoms. The molecule has 0 aromatic rings. The van der Waals surface area contributed by atoms with Gasteiger partial charge in [0, 0.05) is 19.6 Å². The molecule has 0 unspecified atom stereocenters. The Hall–Kier alpha value is -0.280. The monoisotopic (exact) mass is 262 g/mol. The molecule has 0 radical (unpaired) electrons. The number of rotatable bonds is 5. The number of carbonyl (C=O) groups is 1. The lowest BCUT2D eigenvalue weighted by atomic mass is 9.84. The highest BCUT2D eigenvalue weighted by Crippen LogP contribution is 2.38. The molecule has 3 nitrogen and oxygen atoms in total. The summed E-state index contributed by atoms with van der Waals surface area (Å²) in [5.41, 5.74) is 5.61. The fraction of sp³-hybridized carbons (Fsp3) is 0.923. The SMILES string of the molecule is CCN(CC(C)C)C(=O)C1(CN)CCCC1.Cl. The number of carbonyl (C=O) groups excluding carboxylic acids is 1. The van der Waals surface area contributed by atoms with Crippen LogP contribution in [0.25, 0.3) is 0 Å². The second-order valence-corrected chi connectivity index (χ2v) is 5.43. The molecule has 0 aromatic carbocycles. The Labute approximate surface area is 112 Å². The van der Waals surface area contributed by atoms with Gasteiger partial charge in [0.25, 0.3) is 0 Å². The summed E-state index contributed by atoms with van der Waals surface area (Å²) in [6.45, 7) is 8.54. The lowest BCUT2D eigenvalue weighted by Gasteiger charge is -2.33. The highest BCUT2D eigenvalue weighted by atomic mass is 35.5. The molecule has 1 aliphatic rings. The van der Waals surface area contributed by atoms with Crippen LogP contribution in [0.15, 0.2) is 0 Å². The van der Waals surface area contributed by atoms with Gasteiger partial charge in [0.2, 0.25) is 5.91 Å². The van der Waals surface area contributed by atoms with Crippen LogP contribution in [0.5, 0.6) is 0 Å². The van der Waals surface area contributed by atoms with Crippen LogP contribution in [-0.4, -0.2) is 30.4 Å². The van der Waals surface area contributed by atoms with Gasteiger partial charge in [0.1, 0.15) is 0 Å². The average molecular weight is 263 g/mol. The minimum atomic E-state index is -0.231. The van der Waals surface area contributed by atoms with E-state index in [4.69, 9.17) is 5.73 Å². The van der Waals surface area contributed by atoms with E-state index in [0.717, 1.165) is 38.8 Å². The van der Waals surface area contributed by atoms with E-state index >= 15 is 0 Å². The van der Waals surface area contributed by atoms with Gasteiger partial charge in [-0.2, -0.15) is 0 Å². The van der Waals surface area contributed by atoms with Crippen molar-refractivity contribution >= 4 is 18.3 Å². The maximum atomic E-state index is 12.5. The molecule has 0 aliphatic heterocycles. The van der Waals surface area contributed by atoms with Crippen molar-refractivity contribution in [3.63, 3.8) is 0 Å². The smallest absolute Gasteiger partial charge is 0.230 e. The van der Waals surface area contributed by atoms with Crippen molar-refractivity contribution in [1.82, 2.24) is 4.90 Å². The number of amides is 1. The molecule has 1 rings (SSSR count). The zero-order valence-electron chi connectivity index (χ0n) is 11.4. The van der Waals surface area contributed by atoms with E-state index in [1.807, 2.05) is 4.90 Å². The maximum absolute atomic E-state index is 12.5. The molecule has 102 valence electrons. The lowest BCUT2D eigenvalue weighted by Crippen LogP contribution is -2.47. The first-order chi connectivity index (χ1) is 7.55. The average Bonchev–Trinajstić information content (AvgIpc) is 2.74. The fourth-order valence-electron chi connectivity index (χ4n) is 2.69. The highest BCUT2D eigenvalue weighted by molar-refractivity contribution is 5.85. The molecule has 0 heterocycles. The van der Waals surface area contributed by atoms with Crippen LogP contribution in [0.4, 0.5) is 0 Å². The Kier molecular flexibility index (Phi) is 7.10. The van der Waals surface area contributed by atoms with E-state index < -0.39 is 0 Å². The zero-order valence-corrected chi connectivity index (χ0v) is 12.2.